The topological polar surface area (TPSA) is 47.6 Å². The van der Waals surface area contributed by atoms with Crippen LogP contribution in [-0.2, 0) is 12.8 Å². The van der Waals surface area contributed by atoms with E-state index in [9.17, 15) is 10.5 Å². The third kappa shape index (κ3) is 2.30. The average molecular weight is 284 g/mol. The van der Waals surface area contributed by atoms with Gasteiger partial charge in [-0.25, -0.2) is 0 Å². The lowest BCUT2D eigenvalue weighted by Crippen LogP contribution is -1.97. The SMILES string of the molecule is Cc1ccc2c(c1)C(=C(C#N)C#N)c1cc(C)ccc1CC2. The van der Waals surface area contributed by atoms with Crippen LogP contribution in [0.25, 0.3) is 5.57 Å². The molecule has 3 rings (SSSR count). The lowest BCUT2D eigenvalue weighted by atomic mass is 9.89. The van der Waals surface area contributed by atoms with Crippen LogP contribution >= 0.6 is 0 Å². The van der Waals surface area contributed by atoms with Crippen LogP contribution in [0.1, 0.15) is 33.4 Å². The molecule has 0 spiro atoms. The van der Waals surface area contributed by atoms with E-state index in [2.05, 4.69) is 48.5 Å². The molecule has 0 fully saturated rings. The molecule has 0 aromatic heterocycles. The van der Waals surface area contributed by atoms with Crippen LogP contribution in [0.15, 0.2) is 42.0 Å². The van der Waals surface area contributed by atoms with Gasteiger partial charge in [-0.2, -0.15) is 10.5 Å². The van der Waals surface area contributed by atoms with Crippen LogP contribution in [0.2, 0.25) is 0 Å². The van der Waals surface area contributed by atoms with E-state index >= 15 is 0 Å². The van der Waals surface area contributed by atoms with Gasteiger partial charge in [-0.1, -0.05) is 47.5 Å². The first-order valence-corrected chi connectivity index (χ1v) is 7.38. The summed E-state index contributed by atoms with van der Waals surface area (Å²) in [5.74, 6) is 0. The number of fused-ring (bicyclic) bond motifs is 2. The lowest BCUT2D eigenvalue weighted by Gasteiger charge is -2.13. The zero-order chi connectivity index (χ0) is 15.7. The van der Waals surface area contributed by atoms with Crippen LogP contribution in [0.5, 0.6) is 0 Å². The highest BCUT2D eigenvalue weighted by atomic mass is 14.3. The summed E-state index contributed by atoms with van der Waals surface area (Å²) in [5.41, 5.74) is 7.74. The van der Waals surface area contributed by atoms with Gasteiger partial charge in [0.1, 0.15) is 17.7 Å². The highest BCUT2D eigenvalue weighted by Gasteiger charge is 2.21. The van der Waals surface area contributed by atoms with Gasteiger partial charge in [0.2, 0.25) is 0 Å². The number of benzene rings is 2. The highest BCUT2D eigenvalue weighted by molar-refractivity contribution is 5.90. The second-order valence-electron chi connectivity index (χ2n) is 5.79. The maximum atomic E-state index is 9.43. The van der Waals surface area contributed by atoms with Gasteiger partial charge in [0, 0.05) is 5.57 Å². The standard InChI is InChI=1S/C20H16N2/c1-13-3-5-15-7-8-16-6-4-14(2)10-19(16)20(18(15)9-13)17(11-21)12-22/h3-6,9-10H,7-8H2,1-2H3. The van der Waals surface area contributed by atoms with Crippen LogP contribution in [0, 0.1) is 36.5 Å². The van der Waals surface area contributed by atoms with Crippen molar-refractivity contribution in [1.29, 1.82) is 10.5 Å². The zero-order valence-electron chi connectivity index (χ0n) is 12.8. The molecule has 0 amide bonds. The second kappa shape index (κ2) is 5.51. The Morgan fingerprint density at radius 2 is 1.27 bits per heavy atom. The van der Waals surface area contributed by atoms with Crippen molar-refractivity contribution >= 4 is 5.57 Å². The fourth-order valence-electron chi connectivity index (χ4n) is 3.10. The summed E-state index contributed by atoms with van der Waals surface area (Å²) >= 11 is 0. The third-order valence-corrected chi connectivity index (χ3v) is 4.21. The van der Waals surface area contributed by atoms with Crippen LogP contribution in [0.3, 0.4) is 0 Å². The molecule has 2 heteroatoms. The Kier molecular flexibility index (Phi) is 3.53. The van der Waals surface area contributed by atoms with Gasteiger partial charge in [-0.05, 0) is 48.9 Å². The van der Waals surface area contributed by atoms with E-state index in [1.54, 1.807) is 0 Å². The molecule has 0 unspecified atom stereocenters. The minimum Gasteiger partial charge on any atom is -0.192 e. The predicted molar refractivity (Wildman–Crippen MR) is 87.0 cm³/mol. The van der Waals surface area contributed by atoms with E-state index in [4.69, 9.17) is 0 Å². The maximum absolute atomic E-state index is 9.43. The number of nitrogens with zero attached hydrogens (tertiary/aromatic N) is 2. The summed E-state index contributed by atoms with van der Waals surface area (Å²) in [4.78, 5) is 0. The summed E-state index contributed by atoms with van der Waals surface area (Å²) in [5, 5.41) is 18.9. The van der Waals surface area contributed by atoms with Crippen molar-refractivity contribution in [2.75, 3.05) is 0 Å². The van der Waals surface area contributed by atoms with Crippen LogP contribution in [0.4, 0.5) is 0 Å². The lowest BCUT2D eigenvalue weighted by molar-refractivity contribution is 0.963. The van der Waals surface area contributed by atoms with Crippen molar-refractivity contribution in [1.82, 2.24) is 0 Å². The quantitative estimate of drug-likeness (QED) is 0.679. The molecule has 0 saturated carbocycles. The van der Waals surface area contributed by atoms with Gasteiger partial charge in [0.15, 0.2) is 0 Å². The van der Waals surface area contributed by atoms with Gasteiger partial charge < -0.3 is 0 Å². The fourth-order valence-corrected chi connectivity index (χ4v) is 3.10. The fraction of sp³-hybridized carbons (Fsp3) is 0.200. The second-order valence-corrected chi connectivity index (χ2v) is 5.79. The normalized spacial score (nSPS) is 12.5. The molecule has 106 valence electrons. The number of aryl methyl sites for hydroxylation is 4. The van der Waals surface area contributed by atoms with Gasteiger partial charge in [-0.3, -0.25) is 0 Å². The van der Waals surface area contributed by atoms with Crippen LogP contribution in [-0.4, -0.2) is 0 Å². The Morgan fingerprint density at radius 3 is 1.68 bits per heavy atom. The first-order valence-electron chi connectivity index (χ1n) is 7.38. The van der Waals surface area contributed by atoms with E-state index in [1.807, 2.05) is 13.8 Å². The van der Waals surface area contributed by atoms with Crippen molar-refractivity contribution in [3.05, 3.63) is 75.4 Å². The third-order valence-electron chi connectivity index (χ3n) is 4.21. The minimum atomic E-state index is 0.195. The van der Waals surface area contributed by atoms with Crippen molar-refractivity contribution in [3.8, 4) is 12.1 Å². The van der Waals surface area contributed by atoms with E-state index in [1.165, 1.54) is 11.1 Å². The van der Waals surface area contributed by atoms with Crippen molar-refractivity contribution in [2.45, 2.75) is 26.7 Å². The smallest absolute Gasteiger partial charge is 0.138 e. The number of hydrogen-bond donors (Lipinski definition) is 0. The molecule has 0 N–H and O–H groups in total. The molecule has 0 radical (unpaired) electrons. The van der Waals surface area contributed by atoms with E-state index < -0.39 is 0 Å². The largest absolute Gasteiger partial charge is 0.192 e. The van der Waals surface area contributed by atoms with Crippen LogP contribution < -0.4 is 0 Å². The summed E-state index contributed by atoms with van der Waals surface area (Å²) in [6.07, 6.45) is 1.86. The number of nitriles is 2. The molecule has 2 nitrogen and oxygen atoms in total. The number of hydrogen-bond acceptors (Lipinski definition) is 2. The summed E-state index contributed by atoms with van der Waals surface area (Å²) in [6, 6.07) is 16.8. The zero-order valence-corrected chi connectivity index (χ0v) is 12.8. The molecule has 2 aromatic carbocycles. The molecule has 0 bridgehead atoms. The first kappa shape index (κ1) is 14.1. The molecule has 22 heavy (non-hydrogen) atoms. The molecule has 0 saturated heterocycles. The summed E-state index contributed by atoms with van der Waals surface area (Å²) < 4.78 is 0. The van der Waals surface area contributed by atoms with E-state index in [0.717, 1.165) is 40.7 Å². The Bertz CT molecular complexity index is 802. The summed E-state index contributed by atoms with van der Waals surface area (Å²) in [6.45, 7) is 4.08. The molecule has 0 aliphatic heterocycles. The van der Waals surface area contributed by atoms with E-state index in [0.29, 0.717) is 0 Å². The average Bonchev–Trinajstić information content (AvgIpc) is 2.66. The monoisotopic (exact) mass is 284 g/mol. The van der Waals surface area contributed by atoms with Crippen molar-refractivity contribution in [2.24, 2.45) is 0 Å². The van der Waals surface area contributed by atoms with Gasteiger partial charge in [-0.15, -0.1) is 0 Å². The number of rotatable bonds is 0. The minimum absolute atomic E-state index is 0.195. The highest BCUT2D eigenvalue weighted by Crippen LogP contribution is 2.36. The van der Waals surface area contributed by atoms with Gasteiger partial charge in [0.25, 0.3) is 0 Å². The Labute approximate surface area is 130 Å². The molecule has 0 heterocycles. The Morgan fingerprint density at radius 1 is 0.818 bits per heavy atom. The predicted octanol–water partition coefficient (Wildman–Crippen LogP) is 4.25. The molecular weight excluding hydrogens is 268 g/mol. The van der Waals surface area contributed by atoms with E-state index in [-0.39, 0.29) is 5.57 Å². The van der Waals surface area contributed by atoms with Crippen molar-refractivity contribution in [3.63, 3.8) is 0 Å². The Balaban J connectivity index is 2.43. The molecule has 1 aliphatic rings. The van der Waals surface area contributed by atoms with Gasteiger partial charge in [0.05, 0.1) is 0 Å². The molecule has 2 aromatic rings. The first-order chi connectivity index (χ1) is 10.6. The number of allylic oxidation sites excluding steroid dienone is 1. The van der Waals surface area contributed by atoms with Gasteiger partial charge >= 0.3 is 0 Å². The Hall–Kier alpha value is -2.84. The molecule has 0 atom stereocenters. The summed E-state index contributed by atoms with van der Waals surface area (Å²) in [7, 11) is 0. The maximum Gasteiger partial charge on any atom is 0.138 e. The van der Waals surface area contributed by atoms with Crippen molar-refractivity contribution < 1.29 is 0 Å². The molecular formula is C20H16N2. The molecule has 1 aliphatic carbocycles.